The first-order valence-electron chi connectivity index (χ1n) is 3.58. The third-order valence-electron chi connectivity index (χ3n) is 1.80. The zero-order chi connectivity index (χ0) is 7.56. The molecule has 3 heteroatoms. The Kier molecular flexibility index (Phi) is 2.27. The molecule has 0 aromatic carbocycles. The second-order valence-corrected chi connectivity index (χ2v) is 2.67. The van der Waals surface area contributed by atoms with Gasteiger partial charge in [-0.1, -0.05) is 0 Å². The van der Waals surface area contributed by atoms with Crippen molar-refractivity contribution in [1.82, 2.24) is 0 Å². The van der Waals surface area contributed by atoms with E-state index >= 15 is 0 Å². The quantitative estimate of drug-likeness (QED) is 0.643. The molecule has 0 aromatic heterocycles. The zero-order valence-corrected chi connectivity index (χ0v) is 6.04. The molecule has 0 spiro atoms. The number of aliphatic carboxylic acids is 1. The molecule has 1 rings (SSSR count). The lowest BCUT2D eigenvalue weighted by Gasteiger charge is -2.27. The van der Waals surface area contributed by atoms with Crippen LogP contribution in [-0.2, 0) is 9.53 Å². The lowest BCUT2D eigenvalue weighted by molar-refractivity contribution is -0.155. The maximum absolute atomic E-state index is 10.2. The molecule has 1 aliphatic carbocycles. The van der Waals surface area contributed by atoms with E-state index in [0.29, 0.717) is 0 Å². The molecule has 0 heterocycles. The molecular formula is C7H12O3. The minimum atomic E-state index is -0.869. The number of carbonyl (C=O) groups is 1. The monoisotopic (exact) mass is 144 g/mol. The average molecular weight is 144 g/mol. The molecule has 0 amide bonds. The normalized spacial score (nSPS) is 21.7. The summed E-state index contributed by atoms with van der Waals surface area (Å²) in [7, 11) is 0. The molecule has 0 unspecified atom stereocenters. The summed E-state index contributed by atoms with van der Waals surface area (Å²) in [5.41, 5.74) is 0. The lowest BCUT2D eigenvalue weighted by Crippen LogP contribution is -2.30. The van der Waals surface area contributed by atoms with Crippen LogP contribution in [0.5, 0.6) is 0 Å². The number of carboxylic acid groups (broad SMARTS) is 1. The van der Waals surface area contributed by atoms with E-state index in [2.05, 4.69) is 0 Å². The van der Waals surface area contributed by atoms with Crippen molar-refractivity contribution in [2.45, 2.75) is 38.4 Å². The highest BCUT2D eigenvalue weighted by Gasteiger charge is 2.23. The second-order valence-electron chi connectivity index (χ2n) is 2.67. The Morgan fingerprint density at radius 1 is 1.70 bits per heavy atom. The van der Waals surface area contributed by atoms with Crippen LogP contribution in [0.1, 0.15) is 26.2 Å². The summed E-state index contributed by atoms with van der Waals surface area (Å²) in [4.78, 5) is 10.2. The Bertz CT molecular complexity index is 129. The molecule has 58 valence electrons. The van der Waals surface area contributed by atoms with Crippen molar-refractivity contribution in [2.24, 2.45) is 0 Å². The number of carboxylic acids is 1. The Hall–Kier alpha value is -0.570. The maximum Gasteiger partial charge on any atom is 0.332 e. The molecule has 3 nitrogen and oxygen atoms in total. The van der Waals surface area contributed by atoms with Crippen LogP contribution in [0.4, 0.5) is 0 Å². The van der Waals surface area contributed by atoms with Crippen LogP contribution >= 0.6 is 0 Å². The molecule has 1 saturated carbocycles. The van der Waals surface area contributed by atoms with E-state index in [0.717, 1.165) is 12.8 Å². The first-order valence-corrected chi connectivity index (χ1v) is 3.58. The summed E-state index contributed by atoms with van der Waals surface area (Å²) in [5, 5.41) is 8.43. The van der Waals surface area contributed by atoms with Crippen LogP contribution in [0.15, 0.2) is 0 Å². The van der Waals surface area contributed by atoms with Gasteiger partial charge in [0.05, 0.1) is 6.10 Å². The van der Waals surface area contributed by atoms with Gasteiger partial charge in [-0.2, -0.15) is 0 Å². The van der Waals surface area contributed by atoms with E-state index in [1.54, 1.807) is 6.92 Å². The van der Waals surface area contributed by atoms with Crippen molar-refractivity contribution in [1.29, 1.82) is 0 Å². The summed E-state index contributed by atoms with van der Waals surface area (Å²) < 4.78 is 5.15. The van der Waals surface area contributed by atoms with Gasteiger partial charge in [0, 0.05) is 0 Å². The topological polar surface area (TPSA) is 46.5 Å². The van der Waals surface area contributed by atoms with Gasteiger partial charge in [0.25, 0.3) is 0 Å². The number of rotatable bonds is 3. The van der Waals surface area contributed by atoms with Gasteiger partial charge >= 0.3 is 5.97 Å². The van der Waals surface area contributed by atoms with Crippen molar-refractivity contribution in [3.63, 3.8) is 0 Å². The van der Waals surface area contributed by atoms with Crippen molar-refractivity contribution in [2.75, 3.05) is 0 Å². The molecule has 0 aromatic rings. The second kappa shape index (κ2) is 3.01. The fraction of sp³-hybridized carbons (Fsp3) is 0.857. The summed E-state index contributed by atoms with van der Waals surface area (Å²) in [6.07, 6.45) is 2.81. The minimum absolute atomic E-state index is 0.214. The van der Waals surface area contributed by atoms with E-state index < -0.39 is 12.1 Å². The number of hydrogen-bond donors (Lipinski definition) is 1. The van der Waals surface area contributed by atoms with Crippen molar-refractivity contribution >= 4 is 5.97 Å². The van der Waals surface area contributed by atoms with Gasteiger partial charge in [-0.05, 0) is 26.2 Å². The van der Waals surface area contributed by atoms with Gasteiger partial charge in [-0.15, -0.1) is 0 Å². The predicted molar refractivity (Wildman–Crippen MR) is 35.8 cm³/mol. The molecule has 0 bridgehead atoms. The van der Waals surface area contributed by atoms with Crippen LogP contribution in [0, 0.1) is 0 Å². The molecule has 0 saturated heterocycles. The Morgan fingerprint density at radius 2 is 2.30 bits per heavy atom. The number of hydrogen-bond acceptors (Lipinski definition) is 2. The summed E-state index contributed by atoms with van der Waals surface area (Å²) in [5.74, 6) is -0.869. The standard InChI is InChI=1S/C7H12O3/c1-5(7(8)9)10-6-3-2-4-6/h5-6H,2-4H2,1H3,(H,8,9)/t5-/m0/s1. The molecule has 0 radical (unpaired) electrons. The number of ether oxygens (including phenoxy) is 1. The van der Waals surface area contributed by atoms with Crippen LogP contribution in [0.2, 0.25) is 0 Å². The average Bonchev–Trinajstić information content (AvgIpc) is 1.77. The lowest BCUT2D eigenvalue weighted by atomic mass is 9.96. The molecule has 0 aliphatic heterocycles. The summed E-state index contributed by atoms with van der Waals surface area (Å²) in [6.45, 7) is 1.57. The van der Waals surface area contributed by atoms with Crippen LogP contribution in [0.3, 0.4) is 0 Å². The van der Waals surface area contributed by atoms with Gasteiger partial charge in [0.15, 0.2) is 6.10 Å². The van der Waals surface area contributed by atoms with E-state index in [1.807, 2.05) is 0 Å². The predicted octanol–water partition coefficient (Wildman–Crippen LogP) is 1.03. The van der Waals surface area contributed by atoms with E-state index in [4.69, 9.17) is 9.84 Å². The maximum atomic E-state index is 10.2. The van der Waals surface area contributed by atoms with Gasteiger partial charge in [0.1, 0.15) is 0 Å². The first kappa shape index (κ1) is 7.54. The third-order valence-corrected chi connectivity index (χ3v) is 1.80. The third kappa shape index (κ3) is 1.70. The van der Waals surface area contributed by atoms with Gasteiger partial charge in [-0.3, -0.25) is 0 Å². The van der Waals surface area contributed by atoms with Crippen molar-refractivity contribution in [3.8, 4) is 0 Å². The van der Waals surface area contributed by atoms with Crippen molar-refractivity contribution in [3.05, 3.63) is 0 Å². The molecule has 10 heavy (non-hydrogen) atoms. The van der Waals surface area contributed by atoms with E-state index in [9.17, 15) is 4.79 Å². The molecule has 1 fully saturated rings. The Morgan fingerprint density at radius 3 is 2.60 bits per heavy atom. The largest absolute Gasteiger partial charge is 0.479 e. The van der Waals surface area contributed by atoms with Crippen LogP contribution in [0.25, 0.3) is 0 Å². The van der Waals surface area contributed by atoms with Gasteiger partial charge in [-0.25, -0.2) is 4.79 Å². The van der Waals surface area contributed by atoms with Crippen LogP contribution < -0.4 is 0 Å². The Labute approximate surface area is 60.0 Å². The highest BCUT2D eigenvalue weighted by atomic mass is 16.5. The zero-order valence-electron chi connectivity index (χ0n) is 6.04. The minimum Gasteiger partial charge on any atom is -0.479 e. The molecule has 1 atom stereocenters. The summed E-state index contributed by atoms with van der Waals surface area (Å²) >= 11 is 0. The molecular weight excluding hydrogens is 132 g/mol. The fourth-order valence-electron chi connectivity index (χ4n) is 0.854. The van der Waals surface area contributed by atoms with Crippen molar-refractivity contribution < 1.29 is 14.6 Å². The smallest absolute Gasteiger partial charge is 0.332 e. The highest BCUT2D eigenvalue weighted by Crippen LogP contribution is 2.23. The molecule has 1 N–H and O–H groups in total. The van der Waals surface area contributed by atoms with Crippen LogP contribution in [-0.4, -0.2) is 23.3 Å². The first-order chi connectivity index (χ1) is 4.70. The van der Waals surface area contributed by atoms with E-state index in [1.165, 1.54) is 6.42 Å². The fourth-order valence-corrected chi connectivity index (χ4v) is 0.854. The van der Waals surface area contributed by atoms with Gasteiger partial charge in [0.2, 0.25) is 0 Å². The SMILES string of the molecule is C[C@H](OC1CCC1)C(=O)O. The van der Waals surface area contributed by atoms with E-state index in [-0.39, 0.29) is 6.10 Å². The van der Waals surface area contributed by atoms with Gasteiger partial charge < -0.3 is 9.84 Å². The molecule has 1 aliphatic rings. The Balaban J connectivity index is 2.16. The highest BCUT2D eigenvalue weighted by molar-refractivity contribution is 5.71. The summed E-state index contributed by atoms with van der Waals surface area (Å²) in [6, 6.07) is 0.